The molecular formula is C36H22O5. The van der Waals surface area contributed by atoms with E-state index < -0.39 is 22.8 Å². The number of hydrogen-bond donors (Lipinski definition) is 0. The van der Waals surface area contributed by atoms with Crippen LogP contribution in [0.3, 0.4) is 0 Å². The van der Waals surface area contributed by atoms with Crippen LogP contribution in [0.2, 0.25) is 0 Å². The van der Waals surface area contributed by atoms with Crippen LogP contribution >= 0.6 is 0 Å². The normalized spacial score (nSPS) is 10.8. The lowest BCUT2D eigenvalue weighted by atomic mass is 9.88. The first-order valence-corrected chi connectivity index (χ1v) is 13.0. The summed E-state index contributed by atoms with van der Waals surface area (Å²) in [4.78, 5) is 56.0. The Bertz CT molecular complexity index is 1980. The lowest BCUT2D eigenvalue weighted by molar-refractivity contribution is 0.100. The zero-order valence-corrected chi connectivity index (χ0v) is 21.7. The molecule has 41 heavy (non-hydrogen) atoms. The fourth-order valence-electron chi connectivity index (χ4n) is 4.93. The molecule has 0 unspecified atom stereocenters. The molecule has 0 spiro atoms. The molecule has 0 aliphatic heterocycles. The van der Waals surface area contributed by atoms with Crippen LogP contribution in [0.4, 0.5) is 0 Å². The summed E-state index contributed by atoms with van der Waals surface area (Å²) >= 11 is 0. The van der Waals surface area contributed by atoms with Crippen molar-refractivity contribution in [2.45, 2.75) is 0 Å². The Hall–Kier alpha value is -5.68. The second-order valence-electron chi connectivity index (χ2n) is 9.45. The minimum Gasteiger partial charge on any atom is -0.452 e. The van der Waals surface area contributed by atoms with E-state index in [1.807, 2.05) is 0 Å². The second kappa shape index (κ2) is 10.8. The average molecular weight is 535 g/mol. The van der Waals surface area contributed by atoms with Crippen molar-refractivity contribution in [2.75, 3.05) is 0 Å². The molecule has 0 N–H and O–H groups in total. The van der Waals surface area contributed by atoms with Crippen LogP contribution in [-0.4, -0.2) is 17.3 Å². The Morgan fingerprint density at radius 2 is 0.951 bits per heavy atom. The molecule has 0 aliphatic carbocycles. The first kappa shape index (κ1) is 25.6. The maximum atomic E-state index is 14.5. The van der Waals surface area contributed by atoms with E-state index in [1.165, 1.54) is 12.1 Å². The van der Waals surface area contributed by atoms with E-state index in [-0.39, 0.29) is 33.4 Å². The van der Waals surface area contributed by atoms with Gasteiger partial charge in [0.1, 0.15) is 5.58 Å². The third-order valence-electron chi connectivity index (χ3n) is 6.91. The van der Waals surface area contributed by atoms with Gasteiger partial charge in [-0.15, -0.1) is 0 Å². The van der Waals surface area contributed by atoms with Crippen LogP contribution in [-0.2, 0) is 0 Å². The van der Waals surface area contributed by atoms with Gasteiger partial charge in [-0.1, -0.05) is 121 Å². The molecule has 0 bridgehead atoms. The molecule has 0 atom stereocenters. The van der Waals surface area contributed by atoms with Crippen molar-refractivity contribution < 1.29 is 18.8 Å². The minimum absolute atomic E-state index is 0.0263. The lowest BCUT2D eigenvalue weighted by Gasteiger charge is -2.15. The van der Waals surface area contributed by atoms with Crippen molar-refractivity contribution in [3.05, 3.63) is 177 Å². The van der Waals surface area contributed by atoms with Gasteiger partial charge in [-0.05, 0) is 17.7 Å². The van der Waals surface area contributed by atoms with Gasteiger partial charge in [0.05, 0.1) is 10.9 Å². The maximum Gasteiger partial charge on any atom is 0.228 e. The van der Waals surface area contributed by atoms with Gasteiger partial charge in [-0.2, -0.15) is 0 Å². The first-order chi connectivity index (χ1) is 20.0. The first-order valence-electron chi connectivity index (χ1n) is 13.0. The number of carbonyl (C=O) groups is 3. The molecule has 5 nitrogen and oxygen atoms in total. The largest absolute Gasteiger partial charge is 0.452 e. The Morgan fingerprint density at radius 3 is 1.49 bits per heavy atom. The average Bonchev–Trinajstić information content (AvgIpc) is 3.04. The van der Waals surface area contributed by atoms with Crippen LogP contribution in [0, 0.1) is 0 Å². The van der Waals surface area contributed by atoms with Crippen molar-refractivity contribution in [1.29, 1.82) is 0 Å². The van der Waals surface area contributed by atoms with Crippen LogP contribution < -0.4 is 5.43 Å². The summed E-state index contributed by atoms with van der Waals surface area (Å²) < 4.78 is 6.20. The SMILES string of the molecule is O=C(c1ccccc1)c1ccc2oc(C(=O)c3ccccc3)c(-c3ccccc3)c(=O)c2c1C(=O)c1ccccc1. The molecule has 1 aromatic heterocycles. The number of carbonyl (C=O) groups excluding carboxylic acids is 3. The Morgan fingerprint density at radius 1 is 0.488 bits per heavy atom. The van der Waals surface area contributed by atoms with Gasteiger partial charge in [-0.25, -0.2) is 0 Å². The summed E-state index contributed by atoms with van der Waals surface area (Å²) in [7, 11) is 0. The predicted octanol–water partition coefficient (Wildman–Crippen LogP) is 7.15. The second-order valence-corrected chi connectivity index (χ2v) is 9.45. The van der Waals surface area contributed by atoms with E-state index in [4.69, 9.17) is 4.42 Å². The highest BCUT2D eigenvalue weighted by Crippen LogP contribution is 2.31. The maximum absolute atomic E-state index is 14.5. The van der Waals surface area contributed by atoms with E-state index >= 15 is 0 Å². The quantitative estimate of drug-likeness (QED) is 0.203. The zero-order valence-electron chi connectivity index (χ0n) is 21.7. The van der Waals surface area contributed by atoms with Crippen molar-refractivity contribution in [1.82, 2.24) is 0 Å². The number of benzene rings is 5. The van der Waals surface area contributed by atoms with Crippen LogP contribution in [0.1, 0.15) is 48.0 Å². The Kier molecular flexibility index (Phi) is 6.76. The number of rotatable bonds is 7. The topological polar surface area (TPSA) is 81.4 Å². The smallest absolute Gasteiger partial charge is 0.228 e. The third-order valence-corrected chi connectivity index (χ3v) is 6.91. The summed E-state index contributed by atoms with van der Waals surface area (Å²) in [5.74, 6) is -1.51. The van der Waals surface area contributed by atoms with Crippen LogP contribution in [0.25, 0.3) is 22.1 Å². The molecule has 0 saturated carbocycles. The summed E-state index contributed by atoms with van der Waals surface area (Å²) in [5, 5.41) is -0.0518. The third kappa shape index (κ3) is 4.70. The van der Waals surface area contributed by atoms with Gasteiger partial charge >= 0.3 is 0 Å². The van der Waals surface area contributed by atoms with E-state index in [2.05, 4.69) is 0 Å². The molecule has 0 amide bonds. The standard InChI is InChI=1S/C36H22O5/c37-32(24-15-7-2-8-16-24)27-21-22-28-31(30(27)33(38)25-17-9-3-10-18-25)35(40)29(23-13-5-1-6-14-23)36(41-28)34(39)26-19-11-4-12-20-26/h1-22H. The van der Waals surface area contributed by atoms with Gasteiger partial charge in [-0.3, -0.25) is 19.2 Å². The van der Waals surface area contributed by atoms with E-state index in [0.717, 1.165) is 0 Å². The van der Waals surface area contributed by atoms with Gasteiger partial charge in [0.2, 0.25) is 11.2 Å². The fourth-order valence-corrected chi connectivity index (χ4v) is 4.93. The van der Waals surface area contributed by atoms with E-state index in [0.29, 0.717) is 22.3 Å². The summed E-state index contributed by atoms with van der Waals surface area (Å²) in [6, 6.07) is 37.2. The summed E-state index contributed by atoms with van der Waals surface area (Å²) in [6.45, 7) is 0. The van der Waals surface area contributed by atoms with Gasteiger partial charge in [0.25, 0.3) is 0 Å². The Balaban J connectivity index is 1.71. The minimum atomic E-state index is -0.571. The molecule has 5 heteroatoms. The summed E-state index contributed by atoms with van der Waals surface area (Å²) in [6.07, 6.45) is 0. The molecule has 1 heterocycles. The van der Waals surface area contributed by atoms with Crippen molar-refractivity contribution >= 4 is 28.3 Å². The van der Waals surface area contributed by atoms with E-state index in [9.17, 15) is 19.2 Å². The highest BCUT2D eigenvalue weighted by atomic mass is 16.3. The molecule has 6 rings (SSSR count). The molecule has 0 fully saturated rings. The zero-order chi connectivity index (χ0) is 28.3. The van der Waals surface area contributed by atoms with Gasteiger partial charge in [0, 0.05) is 27.8 Å². The monoisotopic (exact) mass is 534 g/mol. The molecule has 6 aromatic rings. The van der Waals surface area contributed by atoms with Crippen molar-refractivity contribution in [3.8, 4) is 11.1 Å². The van der Waals surface area contributed by atoms with E-state index in [1.54, 1.807) is 121 Å². The lowest BCUT2D eigenvalue weighted by Crippen LogP contribution is -2.19. The molecule has 5 aromatic carbocycles. The molecule has 0 aliphatic rings. The van der Waals surface area contributed by atoms with Crippen LogP contribution in [0.5, 0.6) is 0 Å². The van der Waals surface area contributed by atoms with Gasteiger partial charge in [0.15, 0.2) is 17.3 Å². The highest BCUT2D eigenvalue weighted by molar-refractivity contribution is 6.25. The fraction of sp³-hybridized carbons (Fsp3) is 0. The van der Waals surface area contributed by atoms with Crippen LogP contribution in [0.15, 0.2) is 143 Å². The molecule has 196 valence electrons. The predicted molar refractivity (Wildman–Crippen MR) is 158 cm³/mol. The van der Waals surface area contributed by atoms with Crippen molar-refractivity contribution in [2.24, 2.45) is 0 Å². The van der Waals surface area contributed by atoms with Gasteiger partial charge < -0.3 is 4.42 Å². The molecular weight excluding hydrogens is 512 g/mol. The Labute approximate surface area is 235 Å². The van der Waals surface area contributed by atoms with Crippen molar-refractivity contribution in [3.63, 3.8) is 0 Å². The molecule has 0 saturated heterocycles. The number of ketones is 3. The molecule has 0 radical (unpaired) electrons. The summed E-state index contributed by atoms with van der Waals surface area (Å²) in [5.41, 5.74) is 1.00. The number of hydrogen-bond acceptors (Lipinski definition) is 5. The number of fused-ring (bicyclic) bond motifs is 1. The highest BCUT2D eigenvalue weighted by Gasteiger charge is 2.29.